The molecular weight excluding hydrogens is 415 g/mol. The third-order valence-electron chi connectivity index (χ3n) is 5.45. The van der Waals surface area contributed by atoms with Gasteiger partial charge >= 0.3 is 0 Å². The molecule has 0 spiro atoms. The van der Waals surface area contributed by atoms with Crippen LogP contribution in [0, 0.1) is 11.7 Å². The number of Topliss-reactive ketones (excluding diaryl/α,β-unsaturated/α-hetero) is 1. The van der Waals surface area contributed by atoms with E-state index in [-0.39, 0.29) is 17.5 Å². The Bertz CT molecular complexity index is 1070. The van der Waals surface area contributed by atoms with E-state index in [4.69, 9.17) is 11.6 Å². The van der Waals surface area contributed by atoms with E-state index in [1.807, 2.05) is 30.3 Å². The number of rotatable bonds is 7. The largest absolute Gasteiger partial charge is 0.381 e. The molecule has 0 saturated carbocycles. The van der Waals surface area contributed by atoms with Crippen LogP contribution in [0.15, 0.2) is 55.0 Å². The molecule has 0 amide bonds. The van der Waals surface area contributed by atoms with E-state index in [2.05, 4.69) is 20.6 Å². The van der Waals surface area contributed by atoms with Crippen LogP contribution in [0.25, 0.3) is 11.1 Å². The molecule has 31 heavy (non-hydrogen) atoms. The molecule has 160 valence electrons. The number of anilines is 1. The first-order chi connectivity index (χ1) is 15.1. The summed E-state index contributed by atoms with van der Waals surface area (Å²) < 4.78 is 13.3. The van der Waals surface area contributed by atoms with Crippen molar-refractivity contribution >= 4 is 23.1 Å². The zero-order valence-corrected chi connectivity index (χ0v) is 17.8. The average molecular weight is 439 g/mol. The highest BCUT2D eigenvalue weighted by molar-refractivity contribution is 6.33. The van der Waals surface area contributed by atoms with Crippen molar-refractivity contribution < 1.29 is 9.18 Å². The first kappa shape index (κ1) is 21.4. The van der Waals surface area contributed by atoms with Gasteiger partial charge in [0.1, 0.15) is 11.6 Å². The topological polar surface area (TPSA) is 66.9 Å². The van der Waals surface area contributed by atoms with E-state index < -0.39 is 0 Å². The smallest absolute Gasteiger partial charge is 0.143 e. The number of carbonyl (C=O) groups excluding carboxylic acids is 1. The molecule has 1 aliphatic heterocycles. The summed E-state index contributed by atoms with van der Waals surface area (Å²) in [5.41, 5.74) is 4.10. The van der Waals surface area contributed by atoms with Gasteiger partial charge in [-0.15, -0.1) is 0 Å². The van der Waals surface area contributed by atoms with Gasteiger partial charge in [-0.1, -0.05) is 23.7 Å². The number of pyridine rings is 2. The predicted molar refractivity (Wildman–Crippen MR) is 121 cm³/mol. The first-order valence-corrected chi connectivity index (χ1v) is 10.8. The van der Waals surface area contributed by atoms with Crippen molar-refractivity contribution in [1.82, 2.24) is 15.3 Å². The Morgan fingerprint density at radius 1 is 1.23 bits per heavy atom. The van der Waals surface area contributed by atoms with E-state index in [0.29, 0.717) is 18.0 Å². The van der Waals surface area contributed by atoms with Gasteiger partial charge in [0.25, 0.3) is 0 Å². The minimum Gasteiger partial charge on any atom is -0.381 e. The van der Waals surface area contributed by atoms with Gasteiger partial charge in [0.2, 0.25) is 0 Å². The predicted octanol–water partition coefficient (Wildman–Crippen LogP) is 4.66. The molecule has 0 unspecified atom stereocenters. The maximum Gasteiger partial charge on any atom is 0.143 e. The third-order valence-corrected chi connectivity index (χ3v) is 5.75. The Balaban J connectivity index is 1.48. The van der Waals surface area contributed by atoms with Crippen molar-refractivity contribution in [2.24, 2.45) is 5.92 Å². The van der Waals surface area contributed by atoms with Gasteiger partial charge in [0.15, 0.2) is 0 Å². The zero-order chi connectivity index (χ0) is 21.6. The second-order valence-corrected chi connectivity index (χ2v) is 8.19. The fourth-order valence-electron chi connectivity index (χ4n) is 3.80. The second kappa shape index (κ2) is 9.98. The Kier molecular flexibility index (Phi) is 6.89. The summed E-state index contributed by atoms with van der Waals surface area (Å²) in [5, 5.41) is 7.10. The minimum absolute atomic E-state index is 0.0551. The molecule has 1 aliphatic rings. The van der Waals surface area contributed by atoms with E-state index >= 15 is 0 Å². The lowest BCUT2D eigenvalue weighted by atomic mass is 9.92. The van der Waals surface area contributed by atoms with Crippen LogP contribution in [-0.4, -0.2) is 28.8 Å². The fraction of sp³-hybridized carbons (Fsp3) is 0.292. The summed E-state index contributed by atoms with van der Waals surface area (Å²) in [4.78, 5) is 20.9. The summed E-state index contributed by atoms with van der Waals surface area (Å²) in [6.45, 7) is 2.18. The van der Waals surface area contributed by atoms with E-state index in [9.17, 15) is 9.18 Å². The van der Waals surface area contributed by atoms with E-state index in [0.717, 1.165) is 54.0 Å². The molecular formula is C24H24ClFN4O. The number of piperidine rings is 1. The van der Waals surface area contributed by atoms with Crippen molar-refractivity contribution in [2.75, 3.05) is 18.4 Å². The summed E-state index contributed by atoms with van der Waals surface area (Å²) >= 11 is 6.43. The molecule has 1 aromatic carbocycles. The Morgan fingerprint density at radius 3 is 2.94 bits per heavy atom. The molecule has 2 aromatic heterocycles. The molecule has 1 fully saturated rings. The summed E-state index contributed by atoms with van der Waals surface area (Å²) in [6, 6.07) is 11.2. The van der Waals surface area contributed by atoms with Crippen LogP contribution in [0.4, 0.5) is 10.1 Å². The lowest BCUT2D eigenvalue weighted by molar-refractivity contribution is -0.122. The molecule has 5 nitrogen and oxygen atoms in total. The van der Waals surface area contributed by atoms with E-state index in [1.54, 1.807) is 12.4 Å². The van der Waals surface area contributed by atoms with Gasteiger partial charge in [0.05, 0.1) is 11.2 Å². The first-order valence-electron chi connectivity index (χ1n) is 10.4. The Labute approximate surface area is 186 Å². The van der Waals surface area contributed by atoms with Gasteiger partial charge in [-0.25, -0.2) is 4.39 Å². The van der Waals surface area contributed by atoms with Gasteiger partial charge in [0, 0.05) is 54.8 Å². The average Bonchev–Trinajstić information content (AvgIpc) is 2.80. The number of aromatic nitrogens is 2. The van der Waals surface area contributed by atoms with Crippen LogP contribution in [0.3, 0.4) is 0 Å². The molecule has 4 rings (SSSR count). The standard InChI is InChI=1S/C24H24ClFN4O/c25-23-15-30-21(10-24(31)18-4-2-6-27-13-18)9-22(23)17-3-1-5-20(8-17)29-12-16-7-19(26)14-28-11-16/h1,3,5,7-9,11,14-15,18,27,29H,2,4,6,10,12-13H2/t18-/m1/s1. The molecule has 0 bridgehead atoms. The van der Waals surface area contributed by atoms with Crippen LogP contribution in [0.5, 0.6) is 0 Å². The number of hydrogen-bond donors (Lipinski definition) is 2. The maximum atomic E-state index is 13.3. The van der Waals surface area contributed by atoms with Crippen molar-refractivity contribution in [3.63, 3.8) is 0 Å². The number of nitrogens with one attached hydrogen (secondary N) is 2. The Hall–Kier alpha value is -2.83. The fourth-order valence-corrected chi connectivity index (χ4v) is 4.02. The lowest BCUT2D eigenvalue weighted by Crippen LogP contribution is -2.35. The van der Waals surface area contributed by atoms with Crippen molar-refractivity contribution in [2.45, 2.75) is 25.8 Å². The van der Waals surface area contributed by atoms with Gasteiger partial charge in [-0.2, -0.15) is 0 Å². The van der Waals surface area contributed by atoms with Crippen LogP contribution in [0.1, 0.15) is 24.1 Å². The highest BCUT2D eigenvalue weighted by Crippen LogP contribution is 2.30. The zero-order valence-electron chi connectivity index (χ0n) is 17.1. The molecule has 1 atom stereocenters. The number of ketones is 1. The molecule has 3 heterocycles. The number of halogens is 2. The van der Waals surface area contributed by atoms with Crippen LogP contribution in [0.2, 0.25) is 5.02 Å². The van der Waals surface area contributed by atoms with E-state index in [1.165, 1.54) is 12.3 Å². The van der Waals surface area contributed by atoms with Gasteiger partial charge in [-0.05, 0) is 54.8 Å². The highest BCUT2D eigenvalue weighted by Gasteiger charge is 2.21. The summed E-state index contributed by atoms with van der Waals surface area (Å²) in [5.74, 6) is -0.0886. The monoisotopic (exact) mass is 438 g/mol. The number of carbonyl (C=O) groups is 1. The number of hydrogen-bond acceptors (Lipinski definition) is 5. The second-order valence-electron chi connectivity index (χ2n) is 7.79. The van der Waals surface area contributed by atoms with Crippen molar-refractivity contribution in [3.05, 3.63) is 77.1 Å². The van der Waals surface area contributed by atoms with Gasteiger partial charge in [-0.3, -0.25) is 14.8 Å². The van der Waals surface area contributed by atoms with Crippen LogP contribution >= 0.6 is 11.6 Å². The minimum atomic E-state index is -0.359. The summed E-state index contributed by atoms with van der Waals surface area (Å²) in [6.07, 6.45) is 6.69. The number of nitrogens with zero attached hydrogens (tertiary/aromatic N) is 2. The van der Waals surface area contributed by atoms with Crippen LogP contribution < -0.4 is 10.6 Å². The molecule has 3 aromatic rings. The quantitative estimate of drug-likeness (QED) is 0.561. The molecule has 0 aliphatic carbocycles. The van der Waals surface area contributed by atoms with Crippen molar-refractivity contribution in [1.29, 1.82) is 0 Å². The Morgan fingerprint density at radius 2 is 2.13 bits per heavy atom. The van der Waals surface area contributed by atoms with Crippen molar-refractivity contribution in [3.8, 4) is 11.1 Å². The molecule has 7 heteroatoms. The van der Waals surface area contributed by atoms with Crippen LogP contribution in [-0.2, 0) is 17.8 Å². The van der Waals surface area contributed by atoms with Gasteiger partial charge < -0.3 is 10.6 Å². The normalized spacial score (nSPS) is 16.1. The number of benzene rings is 1. The lowest BCUT2D eigenvalue weighted by Gasteiger charge is -2.21. The maximum absolute atomic E-state index is 13.3. The summed E-state index contributed by atoms with van der Waals surface area (Å²) in [7, 11) is 0. The molecule has 1 saturated heterocycles. The molecule has 2 N–H and O–H groups in total. The SMILES string of the molecule is O=C(Cc1cc(-c2cccc(NCc3cncc(F)c3)c2)c(Cl)cn1)[C@@H]1CCCNC1. The third kappa shape index (κ3) is 5.66. The molecule has 0 radical (unpaired) electrons. The highest BCUT2D eigenvalue weighted by atomic mass is 35.5.